The van der Waals surface area contributed by atoms with Gasteiger partial charge in [0.05, 0.1) is 12.8 Å². The Balaban J connectivity index is 2.51. The average molecular weight is 237 g/mol. The van der Waals surface area contributed by atoms with Gasteiger partial charge in [-0.3, -0.25) is 0 Å². The molecule has 0 atom stereocenters. The lowest BCUT2D eigenvalue weighted by molar-refractivity contribution is 0.316. The van der Waals surface area contributed by atoms with Crippen LogP contribution < -0.4 is 15.8 Å². The van der Waals surface area contributed by atoms with Crippen molar-refractivity contribution in [2.75, 3.05) is 44.3 Å². The van der Waals surface area contributed by atoms with Gasteiger partial charge in [0.15, 0.2) is 0 Å². The molecular weight excluding hydrogens is 214 g/mol. The lowest BCUT2D eigenvalue weighted by Crippen LogP contribution is -2.28. The molecule has 4 heteroatoms. The smallest absolute Gasteiger partial charge is 0.143 e. The van der Waals surface area contributed by atoms with E-state index in [1.165, 1.54) is 0 Å². The first-order chi connectivity index (χ1) is 8.21. The molecule has 0 aliphatic rings. The molecule has 0 saturated carbocycles. The second-order valence-corrected chi connectivity index (χ2v) is 3.91. The number of hydrogen-bond donors (Lipinski definition) is 2. The zero-order valence-corrected chi connectivity index (χ0v) is 11.0. The molecule has 0 fully saturated rings. The van der Waals surface area contributed by atoms with Gasteiger partial charge in [0.25, 0.3) is 0 Å². The number of benzene rings is 1. The molecule has 3 N–H and O–H groups in total. The van der Waals surface area contributed by atoms with Crippen LogP contribution in [-0.4, -0.2) is 38.2 Å². The van der Waals surface area contributed by atoms with Crippen molar-refractivity contribution in [3.8, 4) is 5.75 Å². The van der Waals surface area contributed by atoms with E-state index in [-0.39, 0.29) is 0 Å². The van der Waals surface area contributed by atoms with E-state index in [4.69, 9.17) is 10.5 Å². The molecule has 0 bridgehead atoms. The van der Waals surface area contributed by atoms with Gasteiger partial charge < -0.3 is 20.7 Å². The fourth-order valence-corrected chi connectivity index (χ4v) is 1.74. The highest BCUT2D eigenvalue weighted by Crippen LogP contribution is 2.26. The molecule has 0 heterocycles. The van der Waals surface area contributed by atoms with Gasteiger partial charge in [-0.2, -0.15) is 0 Å². The van der Waals surface area contributed by atoms with E-state index in [1.54, 1.807) is 7.11 Å². The predicted octanol–water partition coefficient (Wildman–Crippen LogP) is 2.03. The van der Waals surface area contributed by atoms with Gasteiger partial charge in [-0.15, -0.1) is 0 Å². The van der Waals surface area contributed by atoms with Crippen LogP contribution in [0.3, 0.4) is 0 Å². The lowest BCUT2D eigenvalue weighted by Gasteiger charge is -2.19. The number of likely N-dealkylation sites (N-methyl/N-ethyl adjacent to an activating group) is 1. The van der Waals surface area contributed by atoms with E-state index in [9.17, 15) is 0 Å². The molecule has 0 radical (unpaired) electrons. The van der Waals surface area contributed by atoms with Crippen molar-refractivity contribution < 1.29 is 4.74 Å². The summed E-state index contributed by atoms with van der Waals surface area (Å²) in [4.78, 5) is 2.37. The van der Waals surface area contributed by atoms with Gasteiger partial charge >= 0.3 is 0 Å². The van der Waals surface area contributed by atoms with E-state index in [0.717, 1.165) is 43.3 Å². The number of anilines is 2. The monoisotopic (exact) mass is 237 g/mol. The Kier molecular flexibility index (Phi) is 5.63. The Morgan fingerprint density at radius 1 is 1.29 bits per heavy atom. The maximum Gasteiger partial charge on any atom is 0.143 e. The third-order valence-electron chi connectivity index (χ3n) is 2.86. The first kappa shape index (κ1) is 13.6. The van der Waals surface area contributed by atoms with Gasteiger partial charge in [-0.25, -0.2) is 0 Å². The molecule has 96 valence electrons. The molecule has 1 aromatic rings. The number of nitrogens with one attached hydrogen (secondary N) is 1. The number of ether oxygens (including phenoxy) is 1. The molecule has 0 aliphatic carbocycles. The number of hydrogen-bond acceptors (Lipinski definition) is 4. The minimum absolute atomic E-state index is 0.719. The van der Waals surface area contributed by atoms with E-state index in [1.807, 2.05) is 18.2 Å². The molecule has 0 saturated heterocycles. The second kappa shape index (κ2) is 7.01. The largest absolute Gasteiger partial charge is 0.495 e. The molecule has 17 heavy (non-hydrogen) atoms. The summed E-state index contributed by atoms with van der Waals surface area (Å²) in [5, 5.41) is 3.37. The second-order valence-electron chi connectivity index (χ2n) is 3.91. The number of rotatable bonds is 7. The standard InChI is InChI=1S/C13H23N3O/c1-4-16(5-2)9-8-15-12-7-6-11(14)10-13(12)17-3/h6-7,10,15H,4-5,8-9,14H2,1-3H3. The highest BCUT2D eigenvalue weighted by atomic mass is 16.5. The summed E-state index contributed by atoms with van der Waals surface area (Å²) in [6, 6.07) is 5.67. The zero-order valence-electron chi connectivity index (χ0n) is 11.0. The van der Waals surface area contributed by atoms with Crippen molar-refractivity contribution in [1.29, 1.82) is 0 Å². The van der Waals surface area contributed by atoms with Gasteiger partial charge in [-0.1, -0.05) is 13.8 Å². The third kappa shape index (κ3) is 4.15. The Morgan fingerprint density at radius 2 is 2.00 bits per heavy atom. The maximum atomic E-state index is 5.71. The van der Waals surface area contributed by atoms with Crippen molar-refractivity contribution in [3.63, 3.8) is 0 Å². The Bertz CT molecular complexity index is 337. The normalized spacial score (nSPS) is 10.6. The number of methoxy groups -OCH3 is 1. The number of nitrogen functional groups attached to an aromatic ring is 1. The van der Waals surface area contributed by atoms with E-state index in [2.05, 4.69) is 24.1 Å². The summed E-state index contributed by atoms with van der Waals surface area (Å²) in [5.41, 5.74) is 7.42. The molecule has 4 nitrogen and oxygen atoms in total. The highest BCUT2D eigenvalue weighted by molar-refractivity contribution is 5.62. The molecular formula is C13H23N3O. The maximum absolute atomic E-state index is 5.71. The SMILES string of the molecule is CCN(CC)CCNc1ccc(N)cc1OC. The fourth-order valence-electron chi connectivity index (χ4n) is 1.74. The quantitative estimate of drug-likeness (QED) is 0.712. The van der Waals surface area contributed by atoms with Crippen LogP contribution >= 0.6 is 0 Å². The Hall–Kier alpha value is -1.42. The van der Waals surface area contributed by atoms with Crippen molar-refractivity contribution >= 4 is 11.4 Å². The van der Waals surface area contributed by atoms with Gasteiger partial charge in [0.1, 0.15) is 5.75 Å². The summed E-state index contributed by atoms with van der Waals surface area (Å²) < 4.78 is 5.28. The summed E-state index contributed by atoms with van der Waals surface area (Å²) in [6.45, 7) is 8.44. The van der Waals surface area contributed by atoms with Gasteiger partial charge in [-0.05, 0) is 25.2 Å². The van der Waals surface area contributed by atoms with Crippen LogP contribution in [-0.2, 0) is 0 Å². The van der Waals surface area contributed by atoms with Gasteiger partial charge in [0, 0.05) is 24.8 Å². The number of nitrogens with two attached hydrogens (primary N) is 1. The van der Waals surface area contributed by atoms with Crippen LogP contribution in [0.25, 0.3) is 0 Å². The van der Waals surface area contributed by atoms with E-state index < -0.39 is 0 Å². The minimum atomic E-state index is 0.719. The van der Waals surface area contributed by atoms with Crippen molar-refractivity contribution in [2.45, 2.75) is 13.8 Å². The van der Waals surface area contributed by atoms with Crippen molar-refractivity contribution in [3.05, 3.63) is 18.2 Å². The molecule has 1 aromatic carbocycles. The molecule has 0 unspecified atom stereocenters. The predicted molar refractivity (Wildman–Crippen MR) is 73.7 cm³/mol. The highest BCUT2D eigenvalue weighted by Gasteiger charge is 2.03. The summed E-state index contributed by atoms with van der Waals surface area (Å²) >= 11 is 0. The zero-order chi connectivity index (χ0) is 12.7. The first-order valence-corrected chi connectivity index (χ1v) is 6.11. The topological polar surface area (TPSA) is 50.5 Å². The van der Waals surface area contributed by atoms with Crippen LogP contribution in [0, 0.1) is 0 Å². The van der Waals surface area contributed by atoms with Crippen LogP contribution in [0.15, 0.2) is 18.2 Å². The van der Waals surface area contributed by atoms with Crippen LogP contribution in [0.4, 0.5) is 11.4 Å². The summed E-state index contributed by atoms with van der Waals surface area (Å²) in [7, 11) is 1.66. The fraction of sp³-hybridized carbons (Fsp3) is 0.538. The Labute approximate surface area is 104 Å². The van der Waals surface area contributed by atoms with Crippen LogP contribution in [0.2, 0.25) is 0 Å². The van der Waals surface area contributed by atoms with Crippen molar-refractivity contribution in [2.24, 2.45) is 0 Å². The van der Waals surface area contributed by atoms with E-state index >= 15 is 0 Å². The summed E-state index contributed by atoms with van der Waals surface area (Å²) in [6.07, 6.45) is 0. The van der Waals surface area contributed by atoms with E-state index in [0.29, 0.717) is 0 Å². The third-order valence-corrected chi connectivity index (χ3v) is 2.86. The average Bonchev–Trinajstić information content (AvgIpc) is 2.36. The van der Waals surface area contributed by atoms with Gasteiger partial charge in [0.2, 0.25) is 0 Å². The molecule has 0 spiro atoms. The summed E-state index contributed by atoms with van der Waals surface area (Å²) in [5.74, 6) is 0.796. The van der Waals surface area contributed by atoms with Crippen LogP contribution in [0.5, 0.6) is 5.75 Å². The molecule has 0 amide bonds. The number of nitrogens with zero attached hydrogens (tertiary/aromatic N) is 1. The first-order valence-electron chi connectivity index (χ1n) is 6.11. The lowest BCUT2D eigenvalue weighted by atomic mass is 10.2. The molecule has 0 aromatic heterocycles. The molecule has 1 rings (SSSR count). The van der Waals surface area contributed by atoms with Crippen molar-refractivity contribution in [1.82, 2.24) is 4.90 Å². The Morgan fingerprint density at radius 3 is 2.59 bits per heavy atom. The minimum Gasteiger partial charge on any atom is -0.495 e. The van der Waals surface area contributed by atoms with Crippen LogP contribution in [0.1, 0.15) is 13.8 Å². The molecule has 0 aliphatic heterocycles.